The first-order valence-corrected chi connectivity index (χ1v) is 15.3. The molecule has 0 fully saturated rings. The Bertz CT molecular complexity index is 2040. The number of aldehydes is 1. The lowest BCUT2D eigenvalue weighted by atomic mass is 9.86. The number of nitrogens with zero attached hydrogens (tertiary/aromatic N) is 1. The number of phenolic OH excluding ortho intramolecular Hbond substituents is 2. The van der Waals surface area contributed by atoms with Gasteiger partial charge in [-0.2, -0.15) is 0 Å². The monoisotopic (exact) mass is 612 g/mol. The fourth-order valence-corrected chi connectivity index (χ4v) is 6.93. The molecule has 0 aliphatic carbocycles. The number of aromatic hydroxyl groups is 2. The van der Waals surface area contributed by atoms with E-state index in [1.54, 1.807) is 42.5 Å². The number of para-hydroxylation sites is 1. The number of aromatic amines is 1. The topological polar surface area (TPSA) is 120 Å². The molecule has 8 heteroatoms. The largest absolute Gasteiger partial charge is 0.508 e. The molecule has 0 bridgehead atoms. The summed E-state index contributed by atoms with van der Waals surface area (Å²) in [4.78, 5) is 45.7. The summed E-state index contributed by atoms with van der Waals surface area (Å²) in [7, 11) is 0. The number of hydrogen-bond donors (Lipinski definition) is 3. The second-order valence-electron chi connectivity index (χ2n) is 12.3. The average molecular weight is 613 g/mol. The molecule has 8 nitrogen and oxygen atoms in total. The van der Waals surface area contributed by atoms with Crippen molar-refractivity contribution in [3.8, 4) is 11.5 Å². The third kappa shape index (κ3) is 4.56. The van der Waals surface area contributed by atoms with E-state index in [1.807, 2.05) is 61.3 Å². The molecule has 0 amide bonds. The summed E-state index contributed by atoms with van der Waals surface area (Å²) >= 11 is 0. The molecule has 0 saturated carbocycles. The van der Waals surface area contributed by atoms with Crippen LogP contribution < -0.4 is 4.90 Å². The number of Topliss-reactive ketones (excluding diaryl/α,β-unsaturated/α-hetero) is 1. The molecule has 2 atom stereocenters. The molecule has 2 aliphatic heterocycles. The highest BCUT2D eigenvalue weighted by Crippen LogP contribution is 2.53. The van der Waals surface area contributed by atoms with Crippen LogP contribution in [0.1, 0.15) is 65.2 Å². The molecule has 2 aliphatic rings. The minimum atomic E-state index is -1.65. The van der Waals surface area contributed by atoms with Crippen LogP contribution in [0.15, 0.2) is 97.2 Å². The lowest BCUT2D eigenvalue weighted by Gasteiger charge is -2.44. The molecular weight excluding hydrogens is 580 g/mol. The van der Waals surface area contributed by atoms with Crippen LogP contribution in [0.5, 0.6) is 11.5 Å². The Morgan fingerprint density at radius 2 is 1.57 bits per heavy atom. The van der Waals surface area contributed by atoms with Gasteiger partial charge in [0.15, 0.2) is 0 Å². The van der Waals surface area contributed by atoms with Crippen LogP contribution in [0.25, 0.3) is 22.2 Å². The lowest BCUT2D eigenvalue weighted by Crippen LogP contribution is -2.56. The summed E-state index contributed by atoms with van der Waals surface area (Å²) in [6, 6.07) is 26.3. The van der Waals surface area contributed by atoms with Crippen LogP contribution in [0.4, 0.5) is 5.69 Å². The molecule has 0 spiro atoms. The van der Waals surface area contributed by atoms with Gasteiger partial charge in [-0.1, -0.05) is 50.2 Å². The number of anilines is 1. The summed E-state index contributed by atoms with van der Waals surface area (Å²) in [5.74, 6) is -1.21. The molecule has 4 aromatic carbocycles. The van der Waals surface area contributed by atoms with Gasteiger partial charge in [-0.15, -0.1) is 0 Å². The third-order valence-electron chi connectivity index (χ3n) is 8.86. The van der Waals surface area contributed by atoms with Crippen molar-refractivity contribution in [1.29, 1.82) is 0 Å². The highest BCUT2D eigenvalue weighted by atomic mass is 16.6. The molecule has 46 heavy (non-hydrogen) atoms. The van der Waals surface area contributed by atoms with Gasteiger partial charge >= 0.3 is 5.97 Å². The normalized spacial score (nSPS) is 18.1. The predicted molar refractivity (Wildman–Crippen MR) is 175 cm³/mol. The molecule has 7 rings (SSSR count). The Kier molecular flexibility index (Phi) is 7.00. The molecule has 230 valence electrons. The second kappa shape index (κ2) is 11.1. The van der Waals surface area contributed by atoms with E-state index in [1.165, 1.54) is 12.1 Å². The number of ketones is 1. The molecule has 5 aromatic rings. The summed E-state index contributed by atoms with van der Waals surface area (Å²) in [6.45, 7) is 3.94. The fraction of sp³-hybridized carbons (Fsp3) is 0.184. The van der Waals surface area contributed by atoms with Crippen molar-refractivity contribution in [2.24, 2.45) is 5.92 Å². The Hall–Kier alpha value is -5.63. The Balaban J connectivity index is 1.46. The number of benzene rings is 4. The highest BCUT2D eigenvalue weighted by Gasteiger charge is 2.60. The number of fused-ring (bicyclic) bond motifs is 4. The molecule has 1 aromatic heterocycles. The van der Waals surface area contributed by atoms with Gasteiger partial charge in [0.05, 0.1) is 22.5 Å². The van der Waals surface area contributed by atoms with Crippen LogP contribution in [0.3, 0.4) is 0 Å². The fourth-order valence-electron chi connectivity index (χ4n) is 6.93. The maximum absolute atomic E-state index is 14.7. The first kappa shape index (κ1) is 29.1. The zero-order chi connectivity index (χ0) is 32.2. The van der Waals surface area contributed by atoms with Gasteiger partial charge in [0.1, 0.15) is 17.8 Å². The minimum Gasteiger partial charge on any atom is -0.508 e. The number of phenols is 2. The zero-order valence-electron chi connectivity index (χ0n) is 25.4. The van der Waals surface area contributed by atoms with Crippen LogP contribution in [0.2, 0.25) is 0 Å². The van der Waals surface area contributed by atoms with Gasteiger partial charge in [0.25, 0.3) is 5.72 Å². The number of hydrogen-bond acceptors (Lipinski definition) is 7. The Labute approximate surface area is 265 Å². The summed E-state index contributed by atoms with van der Waals surface area (Å²) < 4.78 is 6.28. The van der Waals surface area contributed by atoms with Gasteiger partial charge in [-0.3, -0.25) is 9.69 Å². The van der Waals surface area contributed by atoms with Gasteiger partial charge in [-0.05, 0) is 82.8 Å². The van der Waals surface area contributed by atoms with E-state index in [0.29, 0.717) is 28.1 Å². The van der Waals surface area contributed by atoms with E-state index in [4.69, 9.17) is 4.74 Å². The summed E-state index contributed by atoms with van der Waals surface area (Å²) in [6.07, 6.45) is 3.22. The number of ether oxygens (including phenoxy) is 1. The second-order valence-corrected chi connectivity index (χ2v) is 12.3. The van der Waals surface area contributed by atoms with Crippen molar-refractivity contribution >= 4 is 45.9 Å². The number of carbonyl (C=O) groups excluding carboxylic acids is 3. The van der Waals surface area contributed by atoms with E-state index in [-0.39, 0.29) is 47.5 Å². The van der Waals surface area contributed by atoms with Crippen molar-refractivity contribution in [3.05, 3.63) is 125 Å². The van der Waals surface area contributed by atoms with Crippen LogP contribution in [0, 0.1) is 5.92 Å². The molecule has 0 radical (unpaired) electrons. The van der Waals surface area contributed by atoms with Crippen LogP contribution in [-0.4, -0.2) is 39.0 Å². The van der Waals surface area contributed by atoms with E-state index < -0.39 is 11.7 Å². The minimum absolute atomic E-state index is 0.0286. The van der Waals surface area contributed by atoms with Gasteiger partial charge < -0.3 is 24.7 Å². The predicted octanol–water partition coefficient (Wildman–Crippen LogP) is 7.17. The standard InChI is InChI=1S/C38H32N2O6/c1-22(2)20-38-36(44)34(23-7-12-26(42)13-8-23)35(24-9-14-27(43)15-10-24)40(38)33-16-11-25(19-30(33)37(45)46-38)28(17-18-41)31-21-39-32-6-4-3-5-29(31)32/h3-16,18-19,21-22,28,39,42-43H,17,20H2,1-2H3/t28-,38?/m1/s1. The summed E-state index contributed by atoms with van der Waals surface area (Å²) in [5, 5.41) is 21.1. The highest BCUT2D eigenvalue weighted by molar-refractivity contribution is 6.38. The Morgan fingerprint density at radius 1 is 0.891 bits per heavy atom. The summed E-state index contributed by atoms with van der Waals surface area (Å²) in [5.41, 5.74) is 3.86. The quantitative estimate of drug-likeness (QED) is 0.126. The number of carbonyl (C=O) groups is 3. The molecule has 0 saturated heterocycles. The SMILES string of the molecule is CC(C)CC12OC(=O)c3cc([C@@H](CC=O)c4c[nH]c5ccccc45)ccc3N1C(c1ccc(O)cc1)=C(c1ccc(O)cc1)C2=O. The Morgan fingerprint density at radius 3 is 2.24 bits per heavy atom. The number of aromatic nitrogens is 1. The van der Waals surface area contributed by atoms with Crippen molar-refractivity contribution in [1.82, 2.24) is 4.98 Å². The number of esters is 1. The van der Waals surface area contributed by atoms with Crippen molar-refractivity contribution in [2.45, 2.75) is 38.3 Å². The number of nitrogens with one attached hydrogen (secondary N) is 1. The van der Waals surface area contributed by atoms with Gasteiger partial charge in [-0.25, -0.2) is 4.79 Å². The maximum Gasteiger partial charge on any atom is 0.342 e. The van der Waals surface area contributed by atoms with Gasteiger partial charge in [0, 0.05) is 35.9 Å². The smallest absolute Gasteiger partial charge is 0.342 e. The van der Waals surface area contributed by atoms with Crippen molar-refractivity contribution in [3.63, 3.8) is 0 Å². The van der Waals surface area contributed by atoms with E-state index in [2.05, 4.69) is 4.98 Å². The van der Waals surface area contributed by atoms with E-state index in [9.17, 15) is 24.6 Å². The number of rotatable bonds is 8. The molecule has 1 unspecified atom stereocenters. The maximum atomic E-state index is 14.7. The average Bonchev–Trinajstić information content (AvgIpc) is 3.57. The first-order valence-electron chi connectivity index (χ1n) is 15.3. The molecule has 3 heterocycles. The zero-order valence-corrected chi connectivity index (χ0v) is 25.4. The van der Waals surface area contributed by atoms with Gasteiger partial charge in [0.2, 0.25) is 5.78 Å². The van der Waals surface area contributed by atoms with E-state index in [0.717, 1.165) is 28.3 Å². The van der Waals surface area contributed by atoms with Crippen molar-refractivity contribution < 1.29 is 29.3 Å². The molecule has 3 N–H and O–H groups in total. The van der Waals surface area contributed by atoms with Crippen LogP contribution in [-0.2, 0) is 14.3 Å². The lowest BCUT2D eigenvalue weighted by molar-refractivity contribution is -0.132. The van der Waals surface area contributed by atoms with Crippen molar-refractivity contribution in [2.75, 3.05) is 4.90 Å². The van der Waals surface area contributed by atoms with E-state index >= 15 is 0 Å². The number of H-pyrrole nitrogens is 1. The molecular formula is C38H32N2O6. The van der Waals surface area contributed by atoms with Crippen LogP contribution >= 0.6 is 0 Å². The first-order chi connectivity index (χ1) is 22.2. The third-order valence-corrected chi connectivity index (χ3v) is 8.86.